The van der Waals surface area contributed by atoms with Gasteiger partial charge in [-0.25, -0.2) is 13.6 Å². The minimum atomic E-state index is -3.66. The number of sulfonamides is 1. The van der Waals surface area contributed by atoms with Crippen LogP contribution in [0.5, 0.6) is 5.75 Å². The van der Waals surface area contributed by atoms with Crippen LogP contribution in [0.2, 0.25) is 0 Å². The van der Waals surface area contributed by atoms with Crippen LogP contribution < -0.4 is 21.9 Å². The number of rotatable bonds is 4. The van der Waals surface area contributed by atoms with E-state index in [0.717, 1.165) is 11.3 Å². The summed E-state index contributed by atoms with van der Waals surface area (Å²) in [5.41, 5.74) is 10.5. The first kappa shape index (κ1) is 18.3. The molecule has 0 radical (unpaired) electrons. The summed E-state index contributed by atoms with van der Waals surface area (Å²) in [5, 5.41) is 23.8. The van der Waals surface area contributed by atoms with Gasteiger partial charge in [0.2, 0.25) is 10.0 Å². The molecular formula is C14H19N5O3S. The Hall–Kier alpha value is -2.78. The van der Waals surface area contributed by atoms with Gasteiger partial charge in [-0.2, -0.15) is 0 Å². The van der Waals surface area contributed by atoms with E-state index in [1.807, 2.05) is 6.07 Å². The summed E-state index contributed by atoms with van der Waals surface area (Å²) in [6.45, 7) is 0.446. The molecule has 0 bridgehead atoms. The number of guanidine groups is 1. The average molecular weight is 337 g/mol. The monoisotopic (exact) mass is 337 g/mol. The van der Waals surface area contributed by atoms with Crippen LogP contribution in [0.25, 0.3) is 0 Å². The molecule has 0 fully saturated rings. The Bertz CT molecular complexity index is 756. The number of hydrogen-bond acceptors (Lipinski definition) is 5. The summed E-state index contributed by atoms with van der Waals surface area (Å²) in [6.07, 6.45) is 0. The molecule has 2 aromatic carbocycles. The molecule has 0 heterocycles. The Balaban J connectivity index is 0.000000593. The summed E-state index contributed by atoms with van der Waals surface area (Å²) in [7, 11) is -3.66. The van der Waals surface area contributed by atoms with Gasteiger partial charge >= 0.3 is 0 Å². The van der Waals surface area contributed by atoms with Gasteiger partial charge in [-0.1, -0.05) is 18.2 Å². The minimum absolute atomic E-state index is 0.0700. The zero-order chi connectivity index (χ0) is 17.5. The third kappa shape index (κ3) is 6.68. The van der Waals surface area contributed by atoms with Gasteiger partial charge in [0, 0.05) is 17.8 Å². The van der Waals surface area contributed by atoms with Crippen molar-refractivity contribution in [2.45, 2.75) is 11.4 Å². The van der Waals surface area contributed by atoms with E-state index < -0.39 is 10.0 Å². The van der Waals surface area contributed by atoms with Gasteiger partial charge in [-0.05, 0) is 30.3 Å². The summed E-state index contributed by atoms with van der Waals surface area (Å²) < 4.78 is 22.2. The number of hydrogen-bond donors (Lipinski definition) is 6. The standard InChI is InChI=1S/C13H14N2O3S.CH5N3/c14-19(17,18)12-7-5-11(6-8-12)15-9-10-3-1-2-4-13(10)16;2-1(3)4/h1-8,15-16H,9H2,(H2,14,17,18);(H5,2,3,4). The average Bonchev–Trinajstić information content (AvgIpc) is 2.45. The lowest BCUT2D eigenvalue weighted by atomic mass is 10.2. The fourth-order valence-corrected chi connectivity index (χ4v) is 2.14. The molecule has 0 unspecified atom stereocenters. The van der Waals surface area contributed by atoms with E-state index in [1.165, 1.54) is 12.1 Å². The molecule has 23 heavy (non-hydrogen) atoms. The number of anilines is 1. The highest BCUT2D eigenvalue weighted by Crippen LogP contribution is 2.18. The van der Waals surface area contributed by atoms with Crippen LogP contribution in [-0.4, -0.2) is 19.5 Å². The van der Waals surface area contributed by atoms with E-state index in [0.29, 0.717) is 6.54 Å². The molecule has 2 rings (SSSR count). The Kier molecular flexibility index (Phi) is 6.36. The number of primary sulfonamides is 1. The first-order valence-corrected chi connectivity index (χ1v) is 7.98. The maximum atomic E-state index is 11.1. The molecule has 0 atom stereocenters. The molecule has 2 aromatic rings. The number of nitrogens with one attached hydrogen (secondary N) is 2. The quantitative estimate of drug-likeness (QED) is 0.350. The third-order valence-corrected chi connectivity index (χ3v) is 3.59. The lowest BCUT2D eigenvalue weighted by Crippen LogP contribution is -2.20. The lowest BCUT2D eigenvalue weighted by molar-refractivity contribution is 0.469. The van der Waals surface area contributed by atoms with Crippen LogP contribution in [0.1, 0.15) is 5.56 Å². The van der Waals surface area contributed by atoms with Crippen molar-refractivity contribution < 1.29 is 13.5 Å². The Morgan fingerprint density at radius 3 is 2.09 bits per heavy atom. The Morgan fingerprint density at radius 2 is 1.61 bits per heavy atom. The number of nitrogens with two attached hydrogens (primary N) is 3. The largest absolute Gasteiger partial charge is 0.508 e. The molecule has 0 aliphatic heterocycles. The van der Waals surface area contributed by atoms with E-state index in [-0.39, 0.29) is 16.6 Å². The summed E-state index contributed by atoms with van der Waals surface area (Å²) in [5.74, 6) is -0.115. The zero-order valence-corrected chi connectivity index (χ0v) is 13.0. The summed E-state index contributed by atoms with van der Waals surface area (Å²) >= 11 is 0. The first-order chi connectivity index (χ1) is 10.7. The molecule has 124 valence electrons. The molecule has 9 heteroatoms. The van der Waals surface area contributed by atoms with Crippen molar-refractivity contribution in [3.05, 3.63) is 54.1 Å². The van der Waals surface area contributed by atoms with Crippen molar-refractivity contribution in [2.24, 2.45) is 16.6 Å². The minimum Gasteiger partial charge on any atom is -0.508 e. The van der Waals surface area contributed by atoms with Crippen LogP contribution in [0, 0.1) is 5.41 Å². The van der Waals surface area contributed by atoms with Crippen molar-refractivity contribution in [3.63, 3.8) is 0 Å². The van der Waals surface area contributed by atoms with Crippen molar-refractivity contribution in [1.29, 1.82) is 5.41 Å². The Labute approximate surface area is 134 Å². The van der Waals surface area contributed by atoms with Crippen LogP contribution in [0.4, 0.5) is 5.69 Å². The van der Waals surface area contributed by atoms with Gasteiger partial charge in [0.15, 0.2) is 5.96 Å². The fourth-order valence-electron chi connectivity index (χ4n) is 1.62. The van der Waals surface area contributed by atoms with Gasteiger partial charge < -0.3 is 21.9 Å². The van der Waals surface area contributed by atoms with Crippen molar-refractivity contribution in [2.75, 3.05) is 5.32 Å². The van der Waals surface area contributed by atoms with E-state index in [2.05, 4.69) is 16.8 Å². The smallest absolute Gasteiger partial charge is 0.238 e. The molecule has 0 amide bonds. The summed E-state index contributed by atoms with van der Waals surface area (Å²) in [4.78, 5) is 0.0700. The Morgan fingerprint density at radius 1 is 1.09 bits per heavy atom. The molecule has 0 aliphatic rings. The summed E-state index contributed by atoms with van der Waals surface area (Å²) in [6, 6.07) is 13.1. The molecular weight excluding hydrogens is 318 g/mol. The predicted octanol–water partition coefficient (Wildman–Crippen LogP) is 0.490. The normalized spacial score (nSPS) is 10.3. The maximum Gasteiger partial charge on any atom is 0.238 e. The number of benzene rings is 2. The zero-order valence-electron chi connectivity index (χ0n) is 12.2. The number of phenolic OH excluding ortho intramolecular Hbond substituents is 1. The molecule has 0 aromatic heterocycles. The predicted molar refractivity (Wildman–Crippen MR) is 89.4 cm³/mol. The van der Waals surface area contributed by atoms with Gasteiger partial charge in [0.25, 0.3) is 0 Å². The van der Waals surface area contributed by atoms with Gasteiger partial charge in [0.1, 0.15) is 5.75 Å². The van der Waals surface area contributed by atoms with E-state index >= 15 is 0 Å². The van der Waals surface area contributed by atoms with E-state index in [4.69, 9.17) is 10.5 Å². The van der Waals surface area contributed by atoms with Crippen molar-refractivity contribution in [1.82, 2.24) is 0 Å². The number of aromatic hydroxyl groups is 1. The SMILES string of the molecule is N=C(N)N.NS(=O)(=O)c1ccc(NCc2ccccc2O)cc1. The highest BCUT2D eigenvalue weighted by molar-refractivity contribution is 7.89. The fraction of sp³-hybridized carbons (Fsp3) is 0.0714. The van der Waals surface area contributed by atoms with Crippen LogP contribution in [0.3, 0.4) is 0 Å². The second-order valence-corrected chi connectivity index (χ2v) is 6.07. The van der Waals surface area contributed by atoms with E-state index in [9.17, 15) is 13.5 Å². The van der Waals surface area contributed by atoms with Crippen LogP contribution in [-0.2, 0) is 16.6 Å². The highest BCUT2D eigenvalue weighted by Gasteiger charge is 2.06. The maximum absolute atomic E-state index is 11.1. The van der Waals surface area contributed by atoms with Crippen LogP contribution >= 0.6 is 0 Å². The third-order valence-electron chi connectivity index (χ3n) is 2.66. The van der Waals surface area contributed by atoms with Gasteiger partial charge in [-0.3, -0.25) is 5.41 Å². The lowest BCUT2D eigenvalue weighted by Gasteiger charge is -2.08. The first-order valence-electron chi connectivity index (χ1n) is 6.43. The van der Waals surface area contributed by atoms with Gasteiger partial charge in [-0.15, -0.1) is 0 Å². The number of para-hydroxylation sites is 1. The molecule has 0 saturated carbocycles. The topological polar surface area (TPSA) is 168 Å². The molecule has 0 saturated heterocycles. The van der Waals surface area contributed by atoms with Crippen molar-refractivity contribution >= 4 is 21.7 Å². The van der Waals surface area contributed by atoms with Gasteiger partial charge in [0.05, 0.1) is 4.90 Å². The highest BCUT2D eigenvalue weighted by atomic mass is 32.2. The second kappa shape index (κ2) is 8.01. The number of phenols is 1. The second-order valence-electron chi connectivity index (χ2n) is 4.51. The molecule has 0 aliphatic carbocycles. The van der Waals surface area contributed by atoms with Crippen LogP contribution in [0.15, 0.2) is 53.4 Å². The van der Waals surface area contributed by atoms with Crippen molar-refractivity contribution in [3.8, 4) is 5.75 Å². The molecule has 0 spiro atoms. The molecule has 8 nitrogen and oxygen atoms in total. The van der Waals surface area contributed by atoms with E-state index in [1.54, 1.807) is 30.3 Å². The molecule has 9 N–H and O–H groups in total.